The van der Waals surface area contributed by atoms with Crippen molar-refractivity contribution < 1.29 is 0 Å². The third-order valence-corrected chi connectivity index (χ3v) is 5.51. The van der Waals surface area contributed by atoms with E-state index in [9.17, 15) is 0 Å². The van der Waals surface area contributed by atoms with Gasteiger partial charge in [-0.15, -0.1) is 0 Å². The van der Waals surface area contributed by atoms with Crippen LogP contribution in [-0.2, 0) is 6.42 Å². The highest BCUT2D eigenvalue weighted by Gasteiger charge is 2.37. The molecule has 1 N–H and O–H groups in total. The van der Waals surface area contributed by atoms with Gasteiger partial charge in [-0.3, -0.25) is 0 Å². The molecule has 3 rings (SSSR count). The topological polar surface area (TPSA) is 15.3 Å². The van der Waals surface area contributed by atoms with Crippen LogP contribution in [0.1, 0.15) is 50.3 Å². The molecule has 2 aliphatic rings. The van der Waals surface area contributed by atoms with E-state index in [2.05, 4.69) is 55.4 Å². The molecule has 0 radical (unpaired) electrons. The quantitative estimate of drug-likeness (QED) is 0.832. The lowest BCUT2D eigenvalue weighted by Crippen LogP contribution is -2.43. The second-order valence-electron chi connectivity index (χ2n) is 7.11. The third kappa shape index (κ3) is 3.32. The van der Waals surface area contributed by atoms with E-state index in [1.54, 1.807) is 5.56 Å². The molecule has 1 fully saturated rings. The Balaban J connectivity index is 1.81. The average molecular weight is 286 g/mol. The van der Waals surface area contributed by atoms with E-state index in [4.69, 9.17) is 0 Å². The number of nitrogens with one attached hydrogen (secondary N) is 1. The lowest BCUT2D eigenvalue weighted by Gasteiger charge is -2.35. The van der Waals surface area contributed by atoms with Crippen LogP contribution < -0.4 is 5.32 Å². The zero-order valence-electron chi connectivity index (χ0n) is 13.8. The first-order valence-corrected chi connectivity index (χ1v) is 8.72. The van der Waals surface area contributed by atoms with Crippen LogP contribution in [0.4, 0.5) is 0 Å². The fraction of sp³-hybridized carbons (Fsp3) is 0.684. The summed E-state index contributed by atoms with van der Waals surface area (Å²) in [6.07, 6.45) is 5.29. The third-order valence-electron chi connectivity index (χ3n) is 5.51. The molecule has 0 bridgehead atoms. The number of aryl methyl sites for hydroxylation is 1. The molecule has 0 heterocycles. The molecule has 0 amide bonds. The van der Waals surface area contributed by atoms with Crippen LogP contribution in [0.2, 0.25) is 0 Å². The van der Waals surface area contributed by atoms with E-state index >= 15 is 0 Å². The molecule has 2 aliphatic carbocycles. The minimum atomic E-state index is 0.493. The van der Waals surface area contributed by atoms with Crippen molar-refractivity contribution in [3.8, 4) is 0 Å². The van der Waals surface area contributed by atoms with Crippen molar-refractivity contribution in [2.24, 2.45) is 11.8 Å². The summed E-state index contributed by atoms with van der Waals surface area (Å²) >= 11 is 0. The van der Waals surface area contributed by atoms with Crippen molar-refractivity contribution in [3.63, 3.8) is 0 Å². The van der Waals surface area contributed by atoms with E-state index in [-0.39, 0.29) is 0 Å². The maximum absolute atomic E-state index is 3.77. The number of hydrogen-bond acceptors (Lipinski definition) is 2. The van der Waals surface area contributed by atoms with Gasteiger partial charge >= 0.3 is 0 Å². The summed E-state index contributed by atoms with van der Waals surface area (Å²) in [7, 11) is 2.34. The molecule has 0 aromatic heterocycles. The van der Waals surface area contributed by atoms with Crippen LogP contribution >= 0.6 is 0 Å². The summed E-state index contributed by atoms with van der Waals surface area (Å²) in [4.78, 5) is 2.64. The Hall–Kier alpha value is -0.860. The summed E-state index contributed by atoms with van der Waals surface area (Å²) in [5.74, 6) is 1.89. The van der Waals surface area contributed by atoms with Gasteiger partial charge in [0.2, 0.25) is 0 Å². The fourth-order valence-corrected chi connectivity index (χ4v) is 4.04. The summed E-state index contributed by atoms with van der Waals surface area (Å²) in [5, 5.41) is 3.77. The Morgan fingerprint density at radius 2 is 2.05 bits per heavy atom. The van der Waals surface area contributed by atoms with Crippen molar-refractivity contribution in [2.75, 3.05) is 20.1 Å². The number of hydrogen-bond donors (Lipinski definition) is 1. The molecule has 4 unspecified atom stereocenters. The summed E-state index contributed by atoms with van der Waals surface area (Å²) in [5.41, 5.74) is 3.09. The molecule has 0 aliphatic heterocycles. The molecular formula is C19H30N2. The summed E-state index contributed by atoms with van der Waals surface area (Å²) in [6.45, 7) is 6.94. The molecule has 116 valence electrons. The number of benzene rings is 1. The van der Waals surface area contributed by atoms with Crippen molar-refractivity contribution in [1.82, 2.24) is 10.2 Å². The highest BCUT2D eigenvalue weighted by atomic mass is 15.2. The van der Waals surface area contributed by atoms with Gasteiger partial charge in [-0.05, 0) is 62.2 Å². The SMILES string of the molecule is CCNC1c2ccccc2CCCC1N(C)CC1CC1C. The van der Waals surface area contributed by atoms with E-state index < -0.39 is 0 Å². The zero-order valence-corrected chi connectivity index (χ0v) is 13.8. The second-order valence-corrected chi connectivity index (χ2v) is 7.11. The predicted molar refractivity (Wildman–Crippen MR) is 89.5 cm³/mol. The largest absolute Gasteiger partial charge is 0.309 e. The standard InChI is InChI=1S/C19H30N2/c1-4-20-19-17-10-6-5-8-15(17)9-7-11-18(19)21(3)13-16-12-14(16)2/h5-6,8,10,14,16,18-20H,4,7,9,11-13H2,1-3H3. The van der Waals surface area contributed by atoms with Crippen LogP contribution in [0, 0.1) is 11.8 Å². The van der Waals surface area contributed by atoms with Gasteiger partial charge in [-0.2, -0.15) is 0 Å². The minimum Gasteiger partial charge on any atom is -0.309 e. The number of rotatable bonds is 5. The van der Waals surface area contributed by atoms with Gasteiger partial charge in [0.05, 0.1) is 0 Å². The van der Waals surface area contributed by atoms with Crippen molar-refractivity contribution in [2.45, 2.75) is 51.6 Å². The highest BCUT2D eigenvalue weighted by molar-refractivity contribution is 5.32. The van der Waals surface area contributed by atoms with Crippen LogP contribution in [0.15, 0.2) is 24.3 Å². The normalized spacial score (nSPS) is 31.8. The van der Waals surface area contributed by atoms with Crippen LogP contribution in [0.25, 0.3) is 0 Å². The van der Waals surface area contributed by atoms with E-state index in [1.807, 2.05) is 0 Å². The Kier molecular flexibility index (Phi) is 4.66. The molecule has 21 heavy (non-hydrogen) atoms. The van der Waals surface area contributed by atoms with Gasteiger partial charge in [-0.1, -0.05) is 38.1 Å². The van der Waals surface area contributed by atoms with Crippen LogP contribution in [-0.4, -0.2) is 31.1 Å². The molecule has 2 heteroatoms. The first kappa shape index (κ1) is 15.1. The molecule has 0 saturated heterocycles. The van der Waals surface area contributed by atoms with Gasteiger partial charge in [0.1, 0.15) is 0 Å². The van der Waals surface area contributed by atoms with Crippen molar-refractivity contribution >= 4 is 0 Å². The Morgan fingerprint density at radius 1 is 1.29 bits per heavy atom. The average Bonchev–Trinajstić information content (AvgIpc) is 3.20. The maximum Gasteiger partial charge on any atom is 0.0480 e. The van der Waals surface area contributed by atoms with Gasteiger partial charge < -0.3 is 10.2 Å². The van der Waals surface area contributed by atoms with Gasteiger partial charge in [0.15, 0.2) is 0 Å². The number of likely N-dealkylation sites (N-methyl/N-ethyl adjacent to an activating group) is 2. The highest BCUT2D eigenvalue weighted by Crippen LogP contribution is 2.40. The Bertz CT molecular complexity index is 470. The maximum atomic E-state index is 3.77. The molecule has 4 atom stereocenters. The molecule has 1 saturated carbocycles. The van der Waals surface area contributed by atoms with E-state index in [0.717, 1.165) is 18.4 Å². The molecule has 2 nitrogen and oxygen atoms in total. The van der Waals surface area contributed by atoms with Crippen molar-refractivity contribution in [1.29, 1.82) is 0 Å². The van der Waals surface area contributed by atoms with E-state index in [1.165, 1.54) is 37.8 Å². The first-order valence-electron chi connectivity index (χ1n) is 8.72. The molecule has 1 aromatic carbocycles. The van der Waals surface area contributed by atoms with Crippen LogP contribution in [0.5, 0.6) is 0 Å². The Morgan fingerprint density at radius 3 is 2.76 bits per heavy atom. The molecular weight excluding hydrogens is 256 g/mol. The second kappa shape index (κ2) is 6.50. The van der Waals surface area contributed by atoms with E-state index in [0.29, 0.717) is 12.1 Å². The first-order chi connectivity index (χ1) is 10.2. The van der Waals surface area contributed by atoms with Gasteiger partial charge in [0, 0.05) is 18.6 Å². The van der Waals surface area contributed by atoms with Gasteiger partial charge in [0.25, 0.3) is 0 Å². The predicted octanol–water partition coefficient (Wildman–Crippen LogP) is 3.63. The van der Waals surface area contributed by atoms with Crippen molar-refractivity contribution in [3.05, 3.63) is 35.4 Å². The fourth-order valence-electron chi connectivity index (χ4n) is 4.04. The lowest BCUT2D eigenvalue weighted by atomic mass is 9.95. The summed E-state index contributed by atoms with van der Waals surface area (Å²) in [6, 6.07) is 10.2. The van der Waals surface area contributed by atoms with Gasteiger partial charge in [-0.25, -0.2) is 0 Å². The number of nitrogens with zero attached hydrogens (tertiary/aromatic N) is 1. The molecule has 1 aromatic rings. The minimum absolute atomic E-state index is 0.493. The Labute approximate surface area is 129 Å². The lowest BCUT2D eigenvalue weighted by molar-refractivity contribution is 0.174. The summed E-state index contributed by atoms with van der Waals surface area (Å²) < 4.78 is 0. The van der Waals surface area contributed by atoms with Crippen LogP contribution in [0.3, 0.4) is 0 Å². The molecule has 0 spiro atoms. The smallest absolute Gasteiger partial charge is 0.0480 e. The monoisotopic (exact) mass is 286 g/mol. The number of fused-ring (bicyclic) bond motifs is 1. The zero-order chi connectivity index (χ0) is 14.8.